The normalized spacial score (nSPS) is 15.1. The predicted molar refractivity (Wildman–Crippen MR) is 124 cm³/mol. The number of thiocarbonyl (C=S) groups is 1. The van der Waals surface area contributed by atoms with Gasteiger partial charge < -0.3 is 14.2 Å². The molecular formula is C21H20BrNO4S2. The van der Waals surface area contributed by atoms with Gasteiger partial charge in [0.15, 0.2) is 11.5 Å². The van der Waals surface area contributed by atoms with Crippen LogP contribution in [0.2, 0.25) is 0 Å². The minimum atomic E-state index is -0.0941. The number of nitrogens with zero attached hydrogens (tertiary/aromatic N) is 1. The lowest BCUT2D eigenvalue weighted by Gasteiger charge is -2.13. The Balaban J connectivity index is 1.64. The van der Waals surface area contributed by atoms with Crippen molar-refractivity contribution >= 4 is 56.2 Å². The number of halogens is 1. The maximum absolute atomic E-state index is 12.2. The van der Waals surface area contributed by atoms with E-state index in [1.165, 1.54) is 16.7 Å². The Morgan fingerprint density at radius 2 is 1.79 bits per heavy atom. The molecule has 152 valence electrons. The highest BCUT2D eigenvalue weighted by molar-refractivity contribution is 9.10. The van der Waals surface area contributed by atoms with Gasteiger partial charge in [-0.05, 0) is 55.0 Å². The van der Waals surface area contributed by atoms with Crippen LogP contribution >= 0.6 is 39.9 Å². The molecule has 2 aromatic carbocycles. The van der Waals surface area contributed by atoms with E-state index in [4.69, 9.17) is 26.4 Å². The molecule has 0 aliphatic carbocycles. The number of carbonyl (C=O) groups is 1. The van der Waals surface area contributed by atoms with Crippen molar-refractivity contribution in [3.63, 3.8) is 0 Å². The zero-order chi connectivity index (χ0) is 20.8. The second-order valence-corrected chi connectivity index (χ2v) is 8.62. The van der Waals surface area contributed by atoms with Gasteiger partial charge in [0, 0.05) is 11.5 Å². The van der Waals surface area contributed by atoms with Gasteiger partial charge in [0.2, 0.25) is 0 Å². The van der Waals surface area contributed by atoms with Crippen molar-refractivity contribution < 1.29 is 19.0 Å². The Hall–Kier alpha value is -2.03. The van der Waals surface area contributed by atoms with Gasteiger partial charge >= 0.3 is 0 Å². The fraction of sp³-hybridized carbons (Fsp3) is 0.238. The second kappa shape index (κ2) is 10.1. The highest BCUT2D eigenvalue weighted by Crippen LogP contribution is 2.34. The summed E-state index contributed by atoms with van der Waals surface area (Å²) in [4.78, 5) is 14.2. The molecule has 1 aliphatic heterocycles. The first-order chi connectivity index (χ1) is 14.0. The molecule has 1 fully saturated rings. The summed E-state index contributed by atoms with van der Waals surface area (Å²) >= 11 is 9.86. The first kappa shape index (κ1) is 21.7. The third kappa shape index (κ3) is 5.74. The quantitative estimate of drug-likeness (QED) is 0.288. The van der Waals surface area contributed by atoms with Crippen LogP contribution in [0.4, 0.5) is 0 Å². The van der Waals surface area contributed by atoms with Crippen LogP contribution in [-0.2, 0) is 4.79 Å². The van der Waals surface area contributed by atoms with Crippen LogP contribution in [0.25, 0.3) is 6.08 Å². The molecule has 1 amide bonds. The highest BCUT2D eigenvalue weighted by atomic mass is 79.9. The maximum atomic E-state index is 12.2. The Morgan fingerprint density at radius 3 is 2.45 bits per heavy atom. The lowest BCUT2D eigenvalue weighted by molar-refractivity contribution is -0.121. The van der Waals surface area contributed by atoms with Gasteiger partial charge in [0.25, 0.3) is 5.91 Å². The largest absolute Gasteiger partial charge is 0.490 e. The fourth-order valence-corrected chi connectivity index (χ4v) is 3.98. The zero-order valence-electron chi connectivity index (χ0n) is 16.0. The average molecular weight is 494 g/mol. The van der Waals surface area contributed by atoms with E-state index in [1.807, 2.05) is 55.5 Å². The molecular weight excluding hydrogens is 474 g/mol. The Morgan fingerprint density at radius 1 is 1.07 bits per heavy atom. The Kier molecular flexibility index (Phi) is 7.57. The standard InChI is InChI=1S/C21H20BrNO4S2/c1-3-25-18-12-14(13-19-20(24)23(2)21(28)29-19)4-9-17(18)27-11-10-26-16-7-5-15(22)6-8-16/h4-9,12-13H,3,10-11H2,1-2H3/b19-13+. The third-order valence-corrected chi connectivity index (χ3v) is 5.99. The van der Waals surface area contributed by atoms with Crippen LogP contribution in [-0.4, -0.2) is 42.0 Å². The third-order valence-electron chi connectivity index (χ3n) is 3.98. The van der Waals surface area contributed by atoms with E-state index in [0.29, 0.717) is 40.5 Å². The van der Waals surface area contributed by atoms with E-state index < -0.39 is 0 Å². The molecule has 5 nitrogen and oxygen atoms in total. The molecule has 0 spiro atoms. The summed E-state index contributed by atoms with van der Waals surface area (Å²) in [7, 11) is 1.68. The Labute approximate surface area is 188 Å². The van der Waals surface area contributed by atoms with Gasteiger partial charge in [-0.1, -0.05) is 46.0 Å². The predicted octanol–water partition coefficient (Wildman–Crippen LogP) is 5.14. The maximum Gasteiger partial charge on any atom is 0.265 e. The number of likely N-dealkylation sites (N-methyl/N-ethyl adjacent to an activating group) is 1. The lowest BCUT2D eigenvalue weighted by Crippen LogP contribution is -2.22. The van der Waals surface area contributed by atoms with Crippen molar-refractivity contribution in [1.29, 1.82) is 0 Å². The first-order valence-electron chi connectivity index (χ1n) is 8.97. The summed E-state index contributed by atoms with van der Waals surface area (Å²) in [6.07, 6.45) is 1.81. The molecule has 8 heteroatoms. The molecule has 0 radical (unpaired) electrons. The Bertz CT molecular complexity index is 931. The van der Waals surface area contributed by atoms with Crippen molar-refractivity contribution in [2.75, 3.05) is 26.9 Å². The summed E-state index contributed by atoms with van der Waals surface area (Å²) < 4.78 is 18.8. The number of rotatable bonds is 8. The molecule has 0 saturated carbocycles. The molecule has 0 N–H and O–H groups in total. The van der Waals surface area contributed by atoms with Crippen LogP contribution in [0.1, 0.15) is 12.5 Å². The summed E-state index contributed by atoms with van der Waals surface area (Å²) in [5.74, 6) is 1.94. The van der Waals surface area contributed by atoms with Crippen molar-refractivity contribution in [2.24, 2.45) is 0 Å². The molecule has 0 atom stereocenters. The van der Waals surface area contributed by atoms with E-state index in [9.17, 15) is 4.79 Å². The van der Waals surface area contributed by atoms with Gasteiger partial charge in [-0.25, -0.2) is 0 Å². The molecule has 1 heterocycles. The molecule has 2 aromatic rings. The minimum Gasteiger partial charge on any atom is -0.490 e. The van der Waals surface area contributed by atoms with Gasteiger partial charge in [-0.15, -0.1) is 0 Å². The topological polar surface area (TPSA) is 48.0 Å². The summed E-state index contributed by atoms with van der Waals surface area (Å²) in [5.41, 5.74) is 0.848. The number of hydrogen-bond donors (Lipinski definition) is 0. The van der Waals surface area contributed by atoms with E-state index in [1.54, 1.807) is 7.05 Å². The number of amides is 1. The SMILES string of the molecule is CCOc1cc(/C=C2/SC(=S)N(C)C2=O)ccc1OCCOc1ccc(Br)cc1. The molecule has 3 rings (SSSR count). The lowest BCUT2D eigenvalue weighted by atomic mass is 10.2. The summed E-state index contributed by atoms with van der Waals surface area (Å²) in [6, 6.07) is 13.2. The number of benzene rings is 2. The monoisotopic (exact) mass is 493 g/mol. The molecule has 29 heavy (non-hydrogen) atoms. The van der Waals surface area contributed by atoms with Crippen LogP contribution < -0.4 is 14.2 Å². The van der Waals surface area contributed by atoms with Crippen LogP contribution in [0.15, 0.2) is 51.8 Å². The van der Waals surface area contributed by atoms with Crippen molar-refractivity contribution in [1.82, 2.24) is 4.90 Å². The second-order valence-electron chi connectivity index (χ2n) is 6.03. The van der Waals surface area contributed by atoms with Crippen LogP contribution in [0, 0.1) is 0 Å². The zero-order valence-corrected chi connectivity index (χ0v) is 19.2. The van der Waals surface area contributed by atoms with Crippen molar-refractivity contribution in [3.8, 4) is 17.2 Å². The molecule has 0 bridgehead atoms. The minimum absolute atomic E-state index is 0.0941. The van der Waals surface area contributed by atoms with Crippen LogP contribution in [0.3, 0.4) is 0 Å². The summed E-state index contributed by atoms with van der Waals surface area (Å²) in [6.45, 7) is 3.21. The molecule has 1 saturated heterocycles. The van der Waals surface area contributed by atoms with Gasteiger partial charge in [-0.3, -0.25) is 9.69 Å². The van der Waals surface area contributed by atoms with Gasteiger partial charge in [0.1, 0.15) is 23.3 Å². The van der Waals surface area contributed by atoms with E-state index in [0.717, 1.165) is 15.8 Å². The van der Waals surface area contributed by atoms with E-state index in [2.05, 4.69) is 15.9 Å². The van der Waals surface area contributed by atoms with Crippen molar-refractivity contribution in [2.45, 2.75) is 6.92 Å². The van der Waals surface area contributed by atoms with Gasteiger partial charge in [-0.2, -0.15) is 0 Å². The fourth-order valence-electron chi connectivity index (χ4n) is 2.54. The number of thioether (sulfide) groups is 1. The van der Waals surface area contributed by atoms with Crippen LogP contribution in [0.5, 0.6) is 17.2 Å². The summed E-state index contributed by atoms with van der Waals surface area (Å²) in [5, 5.41) is 0. The van der Waals surface area contributed by atoms with Crippen molar-refractivity contribution in [3.05, 3.63) is 57.4 Å². The molecule has 1 aliphatic rings. The number of carbonyl (C=O) groups excluding carboxylic acids is 1. The first-order valence-corrected chi connectivity index (χ1v) is 11.0. The number of ether oxygens (including phenoxy) is 3. The van der Waals surface area contributed by atoms with E-state index in [-0.39, 0.29) is 5.91 Å². The average Bonchev–Trinajstić information content (AvgIpc) is 2.95. The smallest absolute Gasteiger partial charge is 0.265 e. The molecule has 0 unspecified atom stereocenters. The highest BCUT2D eigenvalue weighted by Gasteiger charge is 2.28. The van der Waals surface area contributed by atoms with Gasteiger partial charge in [0.05, 0.1) is 11.5 Å². The van der Waals surface area contributed by atoms with E-state index >= 15 is 0 Å². The molecule has 0 aromatic heterocycles. The number of hydrogen-bond acceptors (Lipinski definition) is 6.